The Bertz CT molecular complexity index is 1070. The van der Waals surface area contributed by atoms with Crippen LogP contribution in [0.25, 0.3) is 11.0 Å². The Morgan fingerprint density at radius 3 is 2.50 bits per heavy atom. The summed E-state index contributed by atoms with van der Waals surface area (Å²) in [6.07, 6.45) is 5.60. The van der Waals surface area contributed by atoms with Gasteiger partial charge >= 0.3 is 11.6 Å². The van der Waals surface area contributed by atoms with Gasteiger partial charge in [0.25, 0.3) is 0 Å². The number of fused-ring (bicyclic) bond motifs is 1. The van der Waals surface area contributed by atoms with Gasteiger partial charge in [0.1, 0.15) is 24.0 Å². The Kier molecular flexibility index (Phi) is 9.47. The number of carbonyl (C=O) groups excluding carboxylic acids is 1. The molecule has 2 atom stereocenters. The highest BCUT2D eigenvalue weighted by atomic mass is 16.5. The van der Waals surface area contributed by atoms with Crippen LogP contribution in [0.1, 0.15) is 47.5 Å². The van der Waals surface area contributed by atoms with Gasteiger partial charge < -0.3 is 19.0 Å². The second-order valence-electron chi connectivity index (χ2n) is 8.11. The molecule has 0 saturated carbocycles. The number of hydrogen-bond donors (Lipinski definition) is 1. The lowest BCUT2D eigenvalue weighted by Gasteiger charge is -2.17. The summed E-state index contributed by atoms with van der Waals surface area (Å²) in [6.45, 7) is 9.42. The van der Waals surface area contributed by atoms with Crippen molar-refractivity contribution < 1.29 is 23.8 Å². The van der Waals surface area contributed by atoms with Crippen LogP contribution in [0.4, 0.5) is 0 Å². The van der Waals surface area contributed by atoms with E-state index in [0.717, 1.165) is 22.1 Å². The first-order valence-electron chi connectivity index (χ1n) is 10.6. The van der Waals surface area contributed by atoms with Crippen molar-refractivity contribution in [3.8, 4) is 5.75 Å². The van der Waals surface area contributed by atoms with Crippen molar-refractivity contribution in [2.45, 2.75) is 59.7 Å². The molecule has 6 nitrogen and oxygen atoms in total. The van der Waals surface area contributed by atoms with Crippen molar-refractivity contribution in [2.75, 3.05) is 6.61 Å². The van der Waals surface area contributed by atoms with E-state index in [9.17, 15) is 14.7 Å². The maximum Gasteiger partial charge on any atom is 0.336 e. The third-order valence-electron chi connectivity index (χ3n) is 4.84. The number of aliphatic hydroxyl groups excluding tert-OH is 1. The smallest absolute Gasteiger partial charge is 0.336 e. The zero-order chi connectivity index (χ0) is 23.7. The monoisotopic (exact) mass is 440 g/mol. The predicted octanol–water partition coefficient (Wildman–Crippen LogP) is 5.10. The van der Waals surface area contributed by atoms with Gasteiger partial charge in [0.2, 0.25) is 0 Å². The standard InChI is InChI=1S/C26H32O6/c1-17(2)6-10-24(28)19(4)15-23(31-20(5)27)14-18(3)12-13-30-22-9-7-21-8-11-26(29)32-25(21)16-22/h6-9,11-12,15-16,23-24,28H,10,13-14H2,1-5H3. The summed E-state index contributed by atoms with van der Waals surface area (Å²) in [6, 6.07) is 8.41. The third kappa shape index (κ3) is 8.55. The Morgan fingerprint density at radius 1 is 1.09 bits per heavy atom. The number of ether oxygens (including phenoxy) is 2. The molecule has 6 heteroatoms. The molecule has 0 bridgehead atoms. The molecular formula is C26H32O6. The average molecular weight is 441 g/mol. The summed E-state index contributed by atoms with van der Waals surface area (Å²) in [5.41, 5.74) is 2.94. The van der Waals surface area contributed by atoms with E-state index >= 15 is 0 Å². The van der Waals surface area contributed by atoms with Gasteiger partial charge in [-0.15, -0.1) is 0 Å². The number of esters is 1. The number of rotatable bonds is 10. The Hall–Kier alpha value is -3.12. The number of aliphatic hydroxyl groups is 1. The largest absolute Gasteiger partial charge is 0.489 e. The summed E-state index contributed by atoms with van der Waals surface area (Å²) in [4.78, 5) is 22.9. The van der Waals surface area contributed by atoms with Crippen LogP contribution in [-0.4, -0.2) is 29.9 Å². The molecule has 0 radical (unpaired) electrons. The van der Waals surface area contributed by atoms with Gasteiger partial charge in [-0.05, 0) is 70.0 Å². The third-order valence-corrected chi connectivity index (χ3v) is 4.84. The van der Waals surface area contributed by atoms with E-state index in [0.29, 0.717) is 30.8 Å². The van der Waals surface area contributed by atoms with Crippen LogP contribution < -0.4 is 10.4 Å². The molecule has 0 aliphatic carbocycles. The number of allylic oxidation sites excluding steroid dienone is 1. The van der Waals surface area contributed by atoms with E-state index in [1.165, 1.54) is 13.0 Å². The lowest BCUT2D eigenvalue weighted by atomic mass is 10.0. The summed E-state index contributed by atoms with van der Waals surface area (Å²) in [7, 11) is 0. The second kappa shape index (κ2) is 12.1. The van der Waals surface area contributed by atoms with Crippen molar-refractivity contribution in [3.05, 3.63) is 75.7 Å². The molecule has 2 aromatic rings. The number of benzene rings is 1. The van der Waals surface area contributed by atoms with Crippen molar-refractivity contribution in [3.63, 3.8) is 0 Å². The maximum atomic E-state index is 11.5. The van der Waals surface area contributed by atoms with Crippen LogP contribution >= 0.6 is 0 Å². The number of hydrogen-bond acceptors (Lipinski definition) is 6. The molecule has 2 unspecified atom stereocenters. The molecular weight excluding hydrogens is 408 g/mol. The van der Waals surface area contributed by atoms with Gasteiger partial charge in [-0.3, -0.25) is 4.79 Å². The minimum atomic E-state index is -0.622. The Labute approximate surface area is 188 Å². The van der Waals surface area contributed by atoms with Gasteiger partial charge in [0.15, 0.2) is 0 Å². The molecule has 0 aliphatic heterocycles. The Balaban J connectivity index is 2.01. The van der Waals surface area contributed by atoms with Crippen molar-refractivity contribution in [1.82, 2.24) is 0 Å². The summed E-state index contributed by atoms with van der Waals surface area (Å²) < 4.78 is 16.4. The van der Waals surface area contributed by atoms with E-state index in [-0.39, 0.29) is 5.97 Å². The topological polar surface area (TPSA) is 86.0 Å². The first kappa shape index (κ1) is 25.1. The summed E-state index contributed by atoms with van der Waals surface area (Å²) in [5.74, 6) is 0.213. The van der Waals surface area contributed by atoms with Crippen molar-refractivity contribution >= 4 is 16.9 Å². The zero-order valence-corrected chi connectivity index (χ0v) is 19.4. The fourth-order valence-corrected chi connectivity index (χ4v) is 3.10. The lowest BCUT2D eigenvalue weighted by Crippen LogP contribution is -2.17. The molecule has 1 N–H and O–H groups in total. The minimum absolute atomic E-state index is 0.313. The van der Waals surface area contributed by atoms with Crippen LogP contribution in [0.3, 0.4) is 0 Å². The summed E-state index contributed by atoms with van der Waals surface area (Å²) >= 11 is 0. The first-order valence-corrected chi connectivity index (χ1v) is 10.6. The fraction of sp³-hybridized carbons (Fsp3) is 0.385. The zero-order valence-electron chi connectivity index (χ0n) is 19.4. The van der Waals surface area contributed by atoms with E-state index < -0.39 is 17.8 Å². The number of carbonyl (C=O) groups is 1. The quantitative estimate of drug-likeness (QED) is 0.314. The van der Waals surface area contributed by atoms with E-state index in [2.05, 4.69) is 0 Å². The molecule has 2 rings (SSSR count). The van der Waals surface area contributed by atoms with Crippen LogP contribution in [0.15, 0.2) is 74.5 Å². The highest BCUT2D eigenvalue weighted by molar-refractivity contribution is 5.77. The molecule has 0 aliphatic rings. The summed E-state index contributed by atoms with van der Waals surface area (Å²) in [5, 5.41) is 11.1. The molecule has 0 fully saturated rings. The molecule has 1 heterocycles. The molecule has 1 aromatic heterocycles. The van der Waals surface area contributed by atoms with Gasteiger partial charge in [-0.1, -0.05) is 17.2 Å². The van der Waals surface area contributed by atoms with Crippen molar-refractivity contribution in [1.29, 1.82) is 0 Å². The molecule has 0 amide bonds. The minimum Gasteiger partial charge on any atom is -0.489 e. The van der Waals surface area contributed by atoms with E-state index in [1.807, 2.05) is 52.0 Å². The van der Waals surface area contributed by atoms with Crippen molar-refractivity contribution in [2.24, 2.45) is 0 Å². The first-order chi connectivity index (χ1) is 15.1. The lowest BCUT2D eigenvalue weighted by molar-refractivity contribution is -0.144. The maximum absolute atomic E-state index is 11.5. The van der Waals surface area contributed by atoms with E-state index in [1.54, 1.807) is 18.2 Å². The molecule has 0 saturated heterocycles. The predicted molar refractivity (Wildman–Crippen MR) is 126 cm³/mol. The Morgan fingerprint density at radius 2 is 1.81 bits per heavy atom. The normalized spacial score (nSPS) is 14.1. The van der Waals surface area contributed by atoms with Gasteiger partial charge in [0.05, 0.1) is 6.10 Å². The van der Waals surface area contributed by atoms with Crippen LogP contribution in [-0.2, 0) is 9.53 Å². The highest BCUT2D eigenvalue weighted by Gasteiger charge is 2.13. The fourth-order valence-electron chi connectivity index (χ4n) is 3.10. The molecule has 32 heavy (non-hydrogen) atoms. The van der Waals surface area contributed by atoms with Gasteiger partial charge in [-0.25, -0.2) is 4.79 Å². The SMILES string of the molecule is CC(=O)OC(C=C(C)C(O)CC=C(C)C)CC(C)=CCOc1ccc2ccc(=O)oc2c1. The highest BCUT2D eigenvalue weighted by Crippen LogP contribution is 2.20. The molecule has 1 aromatic carbocycles. The molecule has 0 spiro atoms. The van der Waals surface area contributed by atoms with E-state index in [4.69, 9.17) is 13.9 Å². The van der Waals surface area contributed by atoms with Crippen LogP contribution in [0.2, 0.25) is 0 Å². The van der Waals surface area contributed by atoms with Crippen LogP contribution in [0, 0.1) is 0 Å². The van der Waals surface area contributed by atoms with Gasteiger partial charge in [0, 0.05) is 30.9 Å². The van der Waals surface area contributed by atoms with Gasteiger partial charge in [-0.2, -0.15) is 0 Å². The average Bonchev–Trinajstić information content (AvgIpc) is 2.71. The second-order valence-corrected chi connectivity index (χ2v) is 8.11. The van der Waals surface area contributed by atoms with Crippen LogP contribution in [0.5, 0.6) is 5.75 Å². The molecule has 172 valence electrons.